The zero-order chi connectivity index (χ0) is 17.2. The fraction of sp³-hybridized carbons (Fsp3) is 0.533. The second-order valence-electron chi connectivity index (χ2n) is 5.48. The Labute approximate surface area is 132 Å². The molecule has 1 unspecified atom stereocenters. The van der Waals surface area contributed by atoms with E-state index >= 15 is 0 Å². The monoisotopic (exact) mass is 329 g/mol. The summed E-state index contributed by atoms with van der Waals surface area (Å²) in [4.78, 5) is 30.6. The van der Waals surface area contributed by atoms with Crippen molar-refractivity contribution in [3.8, 4) is 0 Å². The van der Waals surface area contributed by atoms with Gasteiger partial charge in [-0.05, 0) is 26.0 Å². The Hall–Kier alpha value is -2.12. The standard InChI is InChI=1S/C15H18F3N3O2/c1-3-21(12-5-4-6-19-10(12)2)14(23)11-7-13(22)20(8-11)9-15(16,17)18/h4-6,11H,3,7-9H2,1-2H3. The minimum Gasteiger partial charge on any atom is -0.333 e. The largest absolute Gasteiger partial charge is 0.406 e. The van der Waals surface area contributed by atoms with Gasteiger partial charge < -0.3 is 9.80 Å². The van der Waals surface area contributed by atoms with E-state index in [0.29, 0.717) is 22.8 Å². The van der Waals surface area contributed by atoms with Crippen LogP contribution in [0.15, 0.2) is 18.3 Å². The number of rotatable bonds is 4. The van der Waals surface area contributed by atoms with Crippen molar-refractivity contribution in [1.82, 2.24) is 9.88 Å². The first-order valence-electron chi connectivity index (χ1n) is 7.30. The second kappa shape index (κ2) is 6.55. The van der Waals surface area contributed by atoms with E-state index in [0.717, 1.165) is 0 Å². The van der Waals surface area contributed by atoms with E-state index in [1.165, 1.54) is 4.90 Å². The van der Waals surface area contributed by atoms with Crippen LogP contribution in [0.1, 0.15) is 19.0 Å². The van der Waals surface area contributed by atoms with Gasteiger partial charge in [-0.25, -0.2) is 0 Å². The highest BCUT2D eigenvalue weighted by molar-refractivity contribution is 5.99. The number of hydrogen-bond donors (Lipinski definition) is 0. The summed E-state index contributed by atoms with van der Waals surface area (Å²) in [5, 5.41) is 0. The minimum atomic E-state index is -4.46. The number of alkyl halides is 3. The van der Waals surface area contributed by atoms with Crippen LogP contribution in [-0.4, -0.2) is 47.5 Å². The molecule has 0 saturated carbocycles. The van der Waals surface area contributed by atoms with Gasteiger partial charge in [-0.3, -0.25) is 14.6 Å². The van der Waals surface area contributed by atoms with Crippen LogP contribution >= 0.6 is 0 Å². The molecule has 1 saturated heterocycles. The molecule has 1 aliphatic heterocycles. The molecule has 2 amide bonds. The summed E-state index contributed by atoms with van der Waals surface area (Å²) in [6.45, 7) is 2.37. The first kappa shape index (κ1) is 17.2. The molecule has 8 heteroatoms. The van der Waals surface area contributed by atoms with Gasteiger partial charge in [0.15, 0.2) is 0 Å². The van der Waals surface area contributed by atoms with Gasteiger partial charge in [0, 0.05) is 25.7 Å². The molecular weight excluding hydrogens is 311 g/mol. The lowest BCUT2D eigenvalue weighted by Crippen LogP contribution is -2.39. The molecule has 2 rings (SSSR count). The summed E-state index contributed by atoms with van der Waals surface area (Å²) in [6, 6.07) is 3.42. The fourth-order valence-corrected chi connectivity index (χ4v) is 2.73. The predicted octanol–water partition coefficient (Wildman–Crippen LogP) is 2.15. The molecule has 23 heavy (non-hydrogen) atoms. The normalized spacial score (nSPS) is 18.4. The van der Waals surface area contributed by atoms with Crippen LogP contribution < -0.4 is 4.90 Å². The quantitative estimate of drug-likeness (QED) is 0.850. The summed E-state index contributed by atoms with van der Waals surface area (Å²) >= 11 is 0. The van der Waals surface area contributed by atoms with E-state index in [4.69, 9.17) is 0 Å². The summed E-state index contributed by atoms with van der Waals surface area (Å²) < 4.78 is 37.4. The predicted molar refractivity (Wildman–Crippen MR) is 77.7 cm³/mol. The molecule has 0 spiro atoms. The zero-order valence-corrected chi connectivity index (χ0v) is 12.9. The molecule has 0 radical (unpaired) electrons. The maximum absolute atomic E-state index is 12.6. The van der Waals surface area contributed by atoms with Crippen LogP contribution in [0.2, 0.25) is 0 Å². The summed E-state index contributed by atoms with van der Waals surface area (Å²) in [6.07, 6.45) is -3.05. The van der Waals surface area contributed by atoms with Crippen molar-refractivity contribution in [3.05, 3.63) is 24.0 Å². The number of amides is 2. The van der Waals surface area contributed by atoms with Crippen LogP contribution in [0.5, 0.6) is 0 Å². The Kier molecular flexibility index (Phi) is 4.91. The van der Waals surface area contributed by atoms with E-state index in [1.807, 2.05) is 0 Å². The van der Waals surface area contributed by atoms with Crippen molar-refractivity contribution >= 4 is 17.5 Å². The fourth-order valence-electron chi connectivity index (χ4n) is 2.73. The van der Waals surface area contributed by atoms with Gasteiger partial charge in [-0.1, -0.05) is 0 Å². The number of likely N-dealkylation sites (tertiary alicyclic amines) is 1. The van der Waals surface area contributed by atoms with E-state index in [2.05, 4.69) is 4.98 Å². The molecule has 0 bridgehead atoms. The van der Waals surface area contributed by atoms with Gasteiger partial charge in [-0.15, -0.1) is 0 Å². The molecular formula is C15H18F3N3O2. The number of carbonyl (C=O) groups is 2. The van der Waals surface area contributed by atoms with Crippen molar-refractivity contribution in [2.24, 2.45) is 5.92 Å². The van der Waals surface area contributed by atoms with E-state index in [9.17, 15) is 22.8 Å². The smallest absolute Gasteiger partial charge is 0.333 e. The number of halogens is 3. The highest BCUT2D eigenvalue weighted by atomic mass is 19.4. The number of aromatic nitrogens is 1. The molecule has 1 aromatic heterocycles. The van der Waals surface area contributed by atoms with E-state index in [1.54, 1.807) is 32.2 Å². The molecule has 0 aromatic carbocycles. The van der Waals surface area contributed by atoms with Crippen LogP contribution in [0.25, 0.3) is 0 Å². The van der Waals surface area contributed by atoms with Crippen molar-refractivity contribution < 1.29 is 22.8 Å². The van der Waals surface area contributed by atoms with Crippen molar-refractivity contribution in [3.63, 3.8) is 0 Å². The maximum Gasteiger partial charge on any atom is 0.406 e. The summed E-state index contributed by atoms with van der Waals surface area (Å²) in [7, 11) is 0. The number of anilines is 1. The molecule has 1 aromatic rings. The molecule has 126 valence electrons. The molecule has 1 atom stereocenters. The first-order chi connectivity index (χ1) is 10.7. The van der Waals surface area contributed by atoms with Crippen LogP contribution in [0.4, 0.5) is 18.9 Å². The molecule has 1 fully saturated rings. The summed E-state index contributed by atoms with van der Waals surface area (Å²) in [5.41, 5.74) is 1.26. The van der Waals surface area contributed by atoms with Gasteiger partial charge in [0.1, 0.15) is 6.54 Å². The summed E-state index contributed by atoms with van der Waals surface area (Å²) in [5.74, 6) is -1.74. The van der Waals surface area contributed by atoms with E-state index in [-0.39, 0.29) is 18.9 Å². The Balaban J connectivity index is 2.14. The molecule has 0 aliphatic carbocycles. The minimum absolute atomic E-state index is 0.190. The molecule has 2 heterocycles. The van der Waals surface area contributed by atoms with Crippen molar-refractivity contribution in [2.45, 2.75) is 26.4 Å². The lowest BCUT2D eigenvalue weighted by Gasteiger charge is -2.25. The van der Waals surface area contributed by atoms with Gasteiger partial charge in [-0.2, -0.15) is 13.2 Å². The SMILES string of the molecule is CCN(C(=O)C1CC(=O)N(CC(F)(F)F)C1)c1cccnc1C. The van der Waals surface area contributed by atoms with Crippen LogP contribution in [0, 0.1) is 12.8 Å². The van der Waals surface area contributed by atoms with E-state index < -0.39 is 24.5 Å². The molecule has 0 N–H and O–H groups in total. The number of aryl methyl sites for hydroxylation is 1. The number of nitrogens with zero attached hydrogens (tertiary/aromatic N) is 3. The van der Waals surface area contributed by atoms with Crippen LogP contribution in [0.3, 0.4) is 0 Å². The van der Waals surface area contributed by atoms with Crippen molar-refractivity contribution in [2.75, 3.05) is 24.5 Å². The average molecular weight is 329 g/mol. The van der Waals surface area contributed by atoms with Crippen molar-refractivity contribution in [1.29, 1.82) is 0 Å². The second-order valence-corrected chi connectivity index (χ2v) is 5.48. The van der Waals surface area contributed by atoms with Crippen LogP contribution in [-0.2, 0) is 9.59 Å². The third-order valence-electron chi connectivity index (χ3n) is 3.79. The topological polar surface area (TPSA) is 53.5 Å². The zero-order valence-electron chi connectivity index (χ0n) is 12.9. The molecule has 1 aliphatic rings. The Morgan fingerprint density at radius 3 is 2.74 bits per heavy atom. The first-order valence-corrected chi connectivity index (χ1v) is 7.30. The Morgan fingerprint density at radius 1 is 1.48 bits per heavy atom. The van der Waals surface area contributed by atoms with Gasteiger partial charge in [0.05, 0.1) is 17.3 Å². The number of pyridine rings is 1. The number of carbonyl (C=O) groups excluding carboxylic acids is 2. The lowest BCUT2D eigenvalue weighted by atomic mass is 10.1. The Bertz CT molecular complexity index is 604. The maximum atomic E-state index is 12.6. The molecule has 5 nitrogen and oxygen atoms in total. The van der Waals surface area contributed by atoms with Gasteiger partial charge in [0.25, 0.3) is 0 Å². The third kappa shape index (κ3) is 4.00. The van der Waals surface area contributed by atoms with Gasteiger partial charge >= 0.3 is 6.18 Å². The number of hydrogen-bond acceptors (Lipinski definition) is 3. The van der Waals surface area contributed by atoms with Gasteiger partial charge in [0.2, 0.25) is 11.8 Å². The highest BCUT2D eigenvalue weighted by Gasteiger charge is 2.41. The highest BCUT2D eigenvalue weighted by Crippen LogP contribution is 2.27. The third-order valence-corrected chi connectivity index (χ3v) is 3.79. The Morgan fingerprint density at radius 2 is 2.17 bits per heavy atom. The lowest BCUT2D eigenvalue weighted by molar-refractivity contribution is -0.157. The average Bonchev–Trinajstić information content (AvgIpc) is 2.81.